The molecule has 17 heavy (non-hydrogen) atoms. The summed E-state index contributed by atoms with van der Waals surface area (Å²) in [6.45, 7) is 0. The summed E-state index contributed by atoms with van der Waals surface area (Å²) in [4.78, 5) is 22.4. The molecule has 1 aromatic carbocycles. The van der Waals surface area contributed by atoms with E-state index >= 15 is 0 Å². The Morgan fingerprint density at radius 1 is 1.18 bits per heavy atom. The maximum absolute atomic E-state index is 11.7. The summed E-state index contributed by atoms with van der Waals surface area (Å²) in [7, 11) is 0. The predicted molar refractivity (Wildman–Crippen MR) is 60.7 cm³/mol. The molecule has 2 rings (SSSR count). The lowest BCUT2D eigenvalue weighted by atomic mass is 10.2. The van der Waals surface area contributed by atoms with Crippen LogP contribution in [0.1, 0.15) is 10.4 Å². The first kappa shape index (κ1) is 10.9. The Morgan fingerprint density at radius 3 is 2.47 bits per heavy atom. The fourth-order valence-corrected chi connectivity index (χ4v) is 1.48. The third kappa shape index (κ3) is 2.03. The number of pyridine rings is 1. The number of carbonyl (C=O) groups is 1. The van der Waals surface area contributed by atoms with Crippen molar-refractivity contribution in [1.29, 1.82) is 0 Å². The summed E-state index contributed by atoms with van der Waals surface area (Å²) < 4.78 is 1.18. The predicted octanol–water partition coefficient (Wildman–Crippen LogP) is 1.24. The largest absolute Gasteiger partial charge is 0.506 e. The van der Waals surface area contributed by atoms with E-state index in [2.05, 4.69) is 0 Å². The lowest BCUT2D eigenvalue weighted by Gasteiger charge is -2.07. The van der Waals surface area contributed by atoms with Crippen LogP contribution < -0.4 is 5.56 Å². The standard InChI is InChI=1S/C12H9NO4/c14-10-4-2-1-3-9(10)13-6-5-8(12(16)17)7-11(13)15/h1-7,14H,(H,16,17). The second-order valence-corrected chi connectivity index (χ2v) is 3.42. The van der Waals surface area contributed by atoms with Crippen molar-refractivity contribution in [1.82, 2.24) is 4.57 Å². The van der Waals surface area contributed by atoms with Gasteiger partial charge in [-0.1, -0.05) is 12.1 Å². The van der Waals surface area contributed by atoms with Crippen molar-refractivity contribution < 1.29 is 15.0 Å². The van der Waals surface area contributed by atoms with Crippen LogP contribution in [0, 0.1) is 0 Å². The van der Waals surface area contributed by atoms with E-state index in [9.17, 15) is 14.7 Å². The van der Waals surface area contributed by atoms with E-state index in [0.717, 1.165) is 6.07 Å². The minimum absolute atomic E-state index is 0.0438. The van der Waals surface area contributed by atoms with E-state index < -0.39 is 11.5 Å². The molecule has 86 valence electrons. The Labute approximate surface area is 96.2 Å². The number of nitrogens with zero attached hydrogens (tertiary/aromatic N) is 1. The van der Waals surface area contributed by atoms with Crippen molar-refractivity contribution in [2.75, 3.05) is 0 Å². The van der Waals surface area contributed by atoms with Gasteiger partial charge in [-0.05, 0) is 18.2 Å². The summed E-state index contributed by atoms with van der Waals surface area (Å²) >= 11 is 0. The number of aromatic carboxylic acids is 1. The number of hydrogen-bond donors (Lipinski definition) is 2. The summed E-state index contributed by atoms with van der Waals surface area (Å²) in [5, 5.41) is 18.3. The molecular formula is C12H9NO4. The Kier molecular flexibility index (Phi) is 2.66. The average molecular weight is 231 g/mol. The van der Waals surface area contributed by atoms with Crippen molar-refractivity contribution in [3.05, 3.63) is 58.5 Å². The second-order valence-electron chi connectivity index (χ2n) is 3.42. The second kappa shape index (κ2) is 4.13. The highest BCUT2D eigenvalue weighted by Gasteiger charge is 2.08. The summed E-state index contributed by atoms with van der Waals surface area (Å²) in [5.74, 6) is -1.20. The quantitative estimate of drug-likeness (QED) is 0.814. The zero-order valence-electron chi connectivity index (χ0n) is 8.70. The molecule has 0 spiro atoms. The van der Waals surface area contributed by atoms with Gasteiger partial charge >= 0.3 is 5.97 Å². The van der Waals surface area contributed by atoms with Crippen LogP contribution in [-0.2, 0) is 0 Å². The molecule has 0 aliphatic rings. The Balaban J connectivity index is 2.59. The molecule has 0 saturated heterocycles. The molecular weight excluding hydrogens is 222 g/mol. The van der Waals surface area contributed by atoms with Gasteiger partial charge in [0, 0.05) is 12.3 Å². The third-order valence-electron chi connectivity index (χ3n) is 2.31. The maximum atomic E-state index is 11.7. The van der Waals surface area contributed by atoms with Crippen LogP contribution in [0.4, 0.5) is 0 Å². The lowest BCUT2D eigenvalue weighted by molar-refractivity contribution is 0.0696. The van der Waals surface area contributed by atoms with E-state index in [1.54, 1.807) is 18.2 Å². The third-order valence-corrected chi connectivity index (χ3v) is 2.31. The van der Waals surface area contributed by atoms with Crippen LogP contribution in [0.3, 0.4) is 0 Å². The normalized spacial score (nSPS) is 10.1. The summed E-state index contributed by atoms with van der Waals surface area (Å²) in [6.07, 6.45) is 1.32. The first-order chi connectivity index (χ1) is 8.09. The van der Waals surface area contributed by atoms with Gasteiger partial charge in [0.15, 0.2) is 0 Å². The number of carboxylic acid groups (broad SMARTS) is 1. The molecule has 5 heteroatoms. The SMILES string of the molecule is O=C(O)c1ccn(-c2ccccc2O)c(=O)c1. The molecule has 1 aromatic heterocycles. The number of rotatable bonds is 2. The monoisotopic (exact) mass is 231 g/mol. The molecule has 0 bridgehead atoms. The molecule has 2 N–H and O–H groups in total. The van der Waals surface area contributed by atoms with E-state index in [0.29, 0.717) is 5.69 Å². The molecule has 2 aromatic rings. The van der Waals surface area contributed by atoms with Gasteiger partial charge in [-0.2, -0.15) is 0 Å². The number of aromatic hydroxyl groups is 1. The molecule has 0 atom stereocenters. The zero-order valence-corrected chi connectivity index (χ0v) is 8.70. The fourth-order valence-electron chi connectivity index (χ4n) is 1.48. The Hall–Kier alpha value is -2.56. The Morgan fingerprint density at radius 2 is 1.88 bits per heavy atom. The van der Waals surface area contributed by atoms with Gasteiger partial charge in [-0.3, -0.25) is 9.36 Å². The van der Waals surface area contributed by atoms with Gasteiger partial charge in [0.2, 0.25) is 0 Å². The van der Waals surface area contributed by atoms with Gasteiger partial charge in [0.25, 0.3) is 5.56 Å². The van der Waals surface area contributed by atoms with Crippen molar-refractivity contribution in [2.24, 2.45) is 0 Å². The highest BCUT2D eigenvalue weighted by Crippen LogP contribution is 2.18. The van der Waals surface area contributed by atoms with E-state index in [4.69, 9.17) is 5.11 Å². The number of phenols is 1. The molecule has 0 aliphatic heterocycles. The zero-order chi connectivity index (χ0) is 12.4. The van der Waals surface area contributed by atoms with Gasteiger partial charge in [-0.15, -0.1) is 0 Å². The first-order valence-corrected chi connectivity index (χ1v) is 4.84. The topological polar surface area (TPSA) is 79.5 Å². The lowest BCUT2D eigenvalue weighted by Crippen LogP contribution is -2.18. The molecule has 0 unspecified atom stereocenters. The van der Waals surface area contributed by atoms with Gasteiger partial charge < -0.3 is 10.2 Å². The number of hydrogen-bond acceptors (Lipinski definition) is 3. The molecule has 0 fully saturated rings. The van der Waals surface area contributed by atoms with Crippen LogP contribution >= 0.6 is 0 Å². The highest BCUT2D eigenvalue weighted by atomic mass is 16.4. The Bertz CT molecular complexity index is 630. The summed E-state index contributed by atoms with van der Waals surface area (Å²) in [6, 6.07) is 8.64. The smallest absolute Gasteiger partial charge is 0.335 e. The van der Waals surface area contributed by atoms with Crippen LogP contribution in [-0.4, -0.2) is 20.7 Å². The van der Waals surface area contributed by atoms with Crippen molar-refractivity contribution in [2.45, 2.75) is 0 Å². The van der Waals surface area contributed by atoms with Crippen LogP contribution in [0.5, 0.6) is 5.75 Å². The average Bonchev–Trinajstić information content (AvgIpc) is 2.30. The number of aromatic nitrogens is 1. The molecule has 0 radical (unpaired) electrons. The fraction of sp³-hybridized carbons (Fsp3) is 0. The van der Waals surface area contributed by atoms with E-state index in [1.807, 2.05) is 0 Å². The first-order valence-electron chi connectivity index (χ1n) is 4.84. The number of benzene rings is 1. The van der Waals surface area contributed by atoms with Gasteiger partial charge in [0.05, 0.1) is 11.3 Å². The molecule has 0 aliphatic carbocycles. The van der Waals surface area contributed by atoms with Gasteiger partial charge in [0.1, 0.15) is 5.75 Å². The minimum atomic E-state index is -1.16. The van der Waals surface area contributed by atoms with E-state index in [-0.39, 0.29) is 11.3 Å². The molecule has 1 heterocycles. The molecule has 0 saturated carbocycles. The van der Waals surface area contributed by atoms with Crippen molar-refractivity contribution in [3.8, 4) is 11.4 Å². The molecule has 5 nitrogen and oxygen atoms in total. The number of para-hydroxylation sites is 2. The van der Waals surface area contributed by atoms with E-state index in [1.165, 1.54) is 22.9 Å². The minimum Gasteiger partial charge on any atom is -0.506 e. The van der Waals surface area contributed by atoms with Crippen LogP contribution in [0.25, 0.3) is 5.69 Å². The molecule has 0 amide bonds. The highest BCUT2D eigenvalue weighted by molar-refractivity contribution is 5.87. The van der Waals surface area contributed by atoms with Crippen molar-refractivity contribution in [3.63, 3.8) is 0 Å². The van der Waals surface area contributed by atoms with Crippen molar-refractivity contribution >= 4 is 5.97 Å². The van der Waals surface area contributed by atoms with Crippen LogP contribution in [0.15, 0.2) is 47.4 Å². The number of carboxylic acids is 1. The maximum Gasteiger partial charge on any atom is 0.335 e. The van der Waals surface area contributed by atoms with Crippen LogP contribution in [0.2, 0.25) is 0 Å². The summed E-state index contributed by atoms with van der Waals surface area (Å²) in [5.41, 5.74) is -0.275. The number of phenolic OH excluding ortho intramolecular Hbond substituents is 1. The van der Waals surface area contributed by atoms with Gasteiger partial charge in [-0.25, -0.2) is 4.79 Å².